The molecule has 0 atom stereocenters. The van der Waals surface area contributed by atoms with Gasteiger partial charge in [0.15, 0.2) is 10.3 Å². The number of nitrogens with zero attached hydrogens (tertiary/aromatic N) is 3. The van der Waals surface area contributed by atoms with Gasteiger partial charge >= 0.3 is 0 Å². The Morgan fingerprint density at radius 2 is 2.11 bits per heavy atom. The van der Waals surface area contributed by atoms with Crippen molar-refractivity contribution in [2.24, 2.45) is 27.2 Å². The summed E-state index contributed by atoms with van der Waals surface area (Å²) in [5.41, 5.74) is 17.6. The lowest BCUT2D eigenvalue weighted by Gasteiger charge is -1.95. The summed E-state index contributed by atoms with van der Waals surface area (Å²) in [6.07, 6.45) is 1.99. The van der Waals surface area contributed by atoms with Gasteiger partial charge in [0.1, 0.15) is 0 Å². The predicted molar refractivity (Wildman–Crippen MR) is 78.5 cm³/mol. The van der Waals surface area contributed by atoms with E-state index in [0.717, 1.165) is 14.6 Å². The fourth-order valence-corrected chi connectivity index (χ4v) is 2.86. The summed E-state index contributed by atoms with van der Waals surface area (Å²) in [7, 11) is 0. The van der Waals surface area contributed by atoms with Gasteiger partial charge in [-0.25, -0.2) is 9.98 Å². The molecule has 1 aromatic heterocycles. The molecule has 6 N–H and O–H groups in total. The first-order valence-corrected chi connectivity index (χ1v) is 7.01. The van der Waals surface area contributed by atoms with E-state index in [1.807, 2.05) is 24.5 Å². The summed E-state index contributed by atoms with van der Waals surface area (Å²) in [5.74, 6) is -0.0799. The molecule has 94 valence electrons. The van der Waals surface area contributed by atoms with Gasteiger partial charge in [0.05, 0.1) is 15.9 Å². The van der Waals surface area contributed by atoms with E-state index >= 15 is 0 Å². The van der Waals surface area contributed by atoms with Crippen molar-refractivity contribution in [2.45, 2.75) is 4.34 Å². The number of aromatic nitrogens is 1. The van der Waals surface area contributed by atoms with Gasteiger partial charge in [0.2, 0.25) is 5.96 Å². The summed E-state index contributed by atoms with van der Waals surface area (Å²) in [5, 5.41) is 0. The third-order valence-corrected chi connectivity index (χ3v) is 4.02. The van der Waals surface area contributed by atoms with Crippen LogP contribution in [0.5, 0.6) is 0 Å². The van der Waals surface area contributed by atoms with Gasteiger partial charge < -0.3 is 17.2 Å². The maximum atomic E-state index is 5.57. The number of thiazole rings is 1. The van der Waals surface area contributed by atoms with E-state index in [4.69, 9.17) is 17.2 Å². The number of thioether (sulfide) groups is 1. The minimum atomic E-state index is -0.111. The molecule has 0 aliphatic carbocycles. The lowest BCUT2D eigenvalue weighted by atomic mass is 10.3. The van der Waals surface area contributed by atoms with Crippen LogP contribution in [0.25, 0.3) is 10.2 Å². The number of hydrogen-bond donors (Lipinski definition) is 3. The van der Waals surface area contributed by atoms with Crippen molar-refractivity contribution >= 4 is 50.9 Å². The molecule has 0 radical (unpaired) electrons. The molecule has 0 amide bonds. The fraction of sp³-hybridized carbons (Fsp3) is 0.100. The normalized spacial score (nSPS) is 11.7. The summed E-state index contributed by atoms with van der Waals surface area (Å²) in [6.45, 7) is 0. The molecule has 0 saturated heterocycles. The number of aliphatic imine (C=N–C) groups is 2. The predicted octanol–water partition coefficient (Wildman–Crippen LogP) is 1.24. The molecule has 0 bridgehead atoms. The maximum Gasteiger partial charge on any atom is 0.223 e. The van der Waals surface area contributed by atoms with Crippen molar-refractivity contribution in [1.82, 2.24) is 4.98 Å². The van der Waals surface area contributed by atoms with E-state index in [2.05, 4.69) is 15.0 Å². The average Bonchev–Trinajstić information content (AvgIpc) is 2.69. The van der Waals surface area contributed by atoms with Crippen molar-refractivity contribution in [3.05, 3.63) is 18.2 Å². The van der Waals surface area contributed by atoms with E-state index in [0.29, 0.717) is 5.69 Å². The Bertz CT molecular complexity index is 626. The number of guanidine groups is 2. The smallest absolute Gasteiger partial charge is 0.223 e. The van der Waals surface area contributed by atoms with Crippen LogP contribution in [0.15, 0.2) is 32.5 Å². The third-order valence-electron chi connectivity index (χ3n) is 2.01. The Morgan fingerprint density at radius 1 is 1.33 bits per heavy atom. The van der Waals surface area contributed by atoms with Gasteiger partial charge in [-0.3, -0.25) is 0 Å². The Hall–Kier alpha value is -1.80. The Morgan fingerprint density at radius 3 is 2.78 bits per heavy atom. The maximum absolute atomic E-state index is 5.57. The highest BCUT2D eigenvalue weighted by Crippen LogP contribution is 2.30. The van der Waals surface area contributed by atoms with E-state index < -0.39 is 0 Å². The molecule has 2 aromatic rings. The van der Waals surface area contributed by atoms with Gasteiger partial charge in [-0.05, 0) is 24.5 Å². The zero-order valence-corrected chi connectivity index (χ0v) is 11.3. The molecule has 0 aliphatic rings. The SMILES string of the molecule is CSc1nc2ccc(N=C(N)N=C(N)N)cc2s1. The zero-order valence-electron chi connectivity index (χ0n) is 9.62. The number of benzene rings is 1. The lowest BCUT2D eigenvalue weighted by Crippen LogP contribution is -2.26. The summed E-state index contributed by atoms with van der Waals surface area (Å²) in [4.78, 5) is 12.2. The second kappa shape index (κ2) is 5.23. The molecule has 1 heterocycles. The molecular weight excluding hydrogens is 268 g/mol. The minimum absolute atomic E-state index is 0.0314. The molecular formula is C10H12N6S2. The first-order valence-electron chi connectivity index (χ1n) is 4.97. The standard InChI is InChI=1S/C10H12N6S2/c1-17-10-15-6-3-2-5(4-7(6)18-10)14-9(13)16-8(11)12/h2-4H,1H3,(H6,11,12,13,14,16). The van der Waals surface area contributed by atoms with Crippen LogP contribution in [0.3, 0.4) is 0 Å². The van der Waals surface area contributed by atoms with E-state index in [9.17, 15) is 0 Å². The first kappa shape index (κ1) is 12.7. The first-order chi connectivity index (χ1) is 8.58. The molecule has 18 heavy (non-hydrogen) atoms. The van der Waals surface area contributed by atoms with Crippen LogP contribution in [0.4, 0.5) is 5.69 Å². The molecule has 6 nitrogen and oxygen atoms in total. The number of fused-ring (bicyclic) bond motifs is 1. The van der Waals surface area contributed by atoms with Crippen LogP contribution in [0.2, 0.25) is 0 Å². The molecule has 0 unspecified atom stereocenters. The molecule has 0 spiro atoms. The zero-order chi connectivity index (χ0) is 13.1. The van der Waals surface area contributed by atoms with Crippen molar-refractivity contribution < 1.29 is 0 Å². The van der Waals surface area contributed by atoms with Crippen LogP contribution in [-0.4, -0.2) is 23.2 Å². The van der Waals surface area contributed by atoms with Gasteiger partial charge in [0, 0.05) is 0 Å². The van der Waals surface area contributed by atoms with Crippen molar-refractivity contribution in [3.8, 4) is 0 Å². The number of rotatable bonds is 2. The fourth-order valence-electron chi connectivity index (χ4n) is 1.34. The van der Waals surface area contributed by atoms with Gasteiger partial charge in [0.25, 0.3) is 0 Å². The summed E-state index contributed by atoms with van der Waals surface area (Å²) in [6, 6.07) is 5.62. The van der Waals surface area contributed by atoms with E-state index in [-0.39, 0.29) is 11.9 Å². The summed E-state index contributed by atoms with van der Waals surface area (Å²) < 4.78 is 2.07. The molecule has 0 saturated carbocycles. The van der Waals surface area contributed by atoms with Crippen molar-refractivity contribution in [2.75, 3.05) is 6.26 Å². The number of nitrogens with two attached hydrogens (primary N) is 3. The van der Waals surface area contributed by atoms with Crippen molar-refractivity contribution in [1.29, 1.82) is 0 Å². The van der Waals surface area contributed by atoms with Gasteiger partial charge in [-0.15, -0.1) is 11.3 Å². The van der Waals surface area contributed by atoms with Gasteiger partial charge in [-0.1, -0.05) is 11.8 Å². The highest BCUT2D eigenvalue weighted by Gasteiger charge is 2.03. The van der Waals surface area contributed by atoms with Crippen molar-refractivity contribution in [3.63, 3.8) is 0 Å². The van der Waals surface area contributed by atoms with Crippen LogP contribution >= 0.6 is 23.1 Å². The average molecular weight is 280 g/mol. The Balaban J connectivity index is 2.38. The molecule has 8 heteroatoms. The monoisotopic (exact) mass is 280 g/mol. The topological polar surface area (TPSA) is 116 Å². The second-order valence-electron chi connectivity index (χ2n) is 3.34. The largest absolute Gasteiger partial charge is 0.370 e. The van der Waals surface area contributed by atoms with E-state index in [1.54, 1.807) is 23.1 Å². The highest BCUT2D eigenvalue weighted by molar-refractivity contribution is 8.00. The highest BCUT2D eigenvalue weighted by atomic mass is 32.2. The third kappa shape index (κ3) is 2.90. The van der Waals surface area contributed by atoms with Crippen LogP contribution in [-0.2, 0) is 0 Å². The molecule has 2 rings (SSSR count). The molecule has 0 aliphatic heterocycles. The quantitative estimate of drug-likeness (QED) is 0.435. The number of hydrogen-bond acceptors (Lipinski definition) is 4. The van der Waals surface area contributed by atoms with Crippen LogP contribution < -0.4 is 17.2 Å². The second-order valence-corrected chi connectivity index (χ2v) is 5.43. The Kier molecular flexibility index (Phi) is 3.68. The lowest BCUT2D eigenvalue weighted by molar-refractivity contribution is 1.31. The Labute approximate surface area is 112 Å². The van der Waals surface area contributed by atoms with Crippen LogP contribution in [0, 0.1) is 0 Å². The minimum Gasteiger partial charge on any atom is -0.370 e. The molecule has 0 fully saturated rings. The van der Waals surface area contributed by atoms with Gasteiger partial charge in [-0.2, -0.15) is 4.99 Å². The van der Waals surface area contributed by atoms with Crippen LogP contribution in [0.1, 0.15) is 0 Å². The molecule has 1 aromatic carbocycles. The van der Waals surface area contributed by atoms with E-state index in [1.165, 1.54) is 0 Å². The summed E-state index contributed by atoms with van der Waals surface area (Å²) >= 11 is 3.22.